The predicted octanol–water partition coefficient (Wildman–Crippen LogP) is 12.2. The molecule has 0 saturated carbocycles. The molecule has 0 fully saturated rings. The number of rotatable bonds is 17. The summed E-state index contributed by atoms with van der Waals surface area (Å²) in [5.41, 5.74) is 8.01. The number of hydrogen-bond donors (Lipinski definition) is 0. The van der Waals surface area contributed by atoms with Crippen LogP contribution in [0.4, 0.5) is 5.69 Å². The fourth-order valence-electron chi connectivity index (χ4n) is 7.35. The molecule has 0 radical (unpaired) electrons. The van der Waals surface area contributed by atoms with Gasteiger partial charge in [-0.25, -0.2) is 0 Å². The average Bonchev–Trinajstić information content (AvgIpc) is 3.14. The van der Waals surface area contributed by atoms with Gasteiger partial charge in [0.2, 0.25) is 0 Å². The van der Waals surface area contributed by atoms with E-state index in [2.05, 4.69) is 175 Å². The largest absolute Gasteiger partial charge is 0.313 e. The third-order valence-electron chi connectivity index (χ3n) is 10.5. The number of hydrogen-bond acceptors (Lipinski definition) is 1. The number of anilines is 1. The first-order valence-electron chi connectivity index (χ1n) is 19.5. The van der Waals surface area contributed by atoms with Crippen molar-refractivity contribution in [1.82, 2.24) is 0 Å². The number of aryl methyl sites for hydroxylation is 5. The Labute approximate surface area is 314 Å². The van der Waals surface area contributed by atoms with Crippen LogP contribution in [-0.2, 0) is 0 Å². The van der Waals surface area contributed by atoms with Crippen molar-refractivity contribution in [2.75, 3.05) is 4.44 Å². The van der Waals surface area contributed by atoms with Crippen molar-refractivity contribution in [1.29, 1.82) is 0 Å². The zero-order valence-electron chi connectivity index (χ0n) is 32.7. The molecule has 5 aromatic carbocycles. The summed E-state index contributed by atoms with van der Waals surface area (Å²) in [6.45, 7) is 18.4. The molecule has 51 heavy (non-hydrogen) atoms. The highest BCUT2D eigenvalue weighted by atomic mass is 31.2. The third-order valence-corrected chi connectivity index (χ3v) is 21.4. The second-order valence-electron chi connectivity index (χ2n) is 14.8. The number of unbranched alkanes of at least 4 members (excludes halogenated alkanes) is 3. The van der Waals surface area contributed by atoms with E-state index in [1.165, 1.54) is 111 Å². The summed E-state index contributed by atoms with van der Waals surface area (Å²) in [7, 11) is -3.52. The molecule has 5 rings (SSSR count). The molecule has 5 aromatic rings. The molecule has 0 aliphatic heterocycles. The normalized spacial score (nSPS) is 11.8. The zero-order valence-corrected chi connectivity index (χ0v) is 35.5. The van der Waals surface area contributed by atoms with Gasteiger partial charge in [0.05, 0.1) is 24.2 Å². The van der Waals surface area contributed by atoms with Crippen LogP contribution >= 0.6 is 16.1 Å². The number of nitrogens with zero attached hydrogens (tertiary/aromatic N) is 1. The highest BCUT2D eigenvalue weighted by molar-refractivity contribution is 7.90. The first-order chi connectivity index (χ1) is 24.7. The predicted molar refractivity (Wildman–Crippen MR) is 235 cm³/mol. The van der Waals surface area contributed by atoms with Crippen LogP contribution in [0.25, 0.3) is 0 Å². The summed E-state index contributed by atoms with van der Waals surface area (Å²) in [4.78, 5) is 0. The molecule has 0 unspecified atom stereocenters. The van der Waals surface area contributed by atoms with E-state index in [0.29, 0.717) is 0 Å². The summed E-state index contributed by atoms with van der Waals surface area (Å²) in [6.07, 6.45) is 7.91. The molecule has 0 N–H and O–H groups in total. The van der Waals surface area contributed by atoms with Crippen LogP contribution in [0.5, 0.6) is 0 Å². The van der Waals surface area contributed by atoms with Gasteiger partial charge in [-0.3, -0.25) is 0 Å². The standard InChI is InChI=1S/C47H61NP2Si/c1-9-12-33-51(34-13-10-2,35-14-11-3)46-31-32-47(41(8)36-46)48(49(42-23-15-37(4)16-24-42)43-25-17-38(5)18-26-43)50(44-27-19-39(6)20-28-44)45-29-21-40(7)22-30-45/h15-32,36H,9-14,33-35H2,1-8H3. The fraction of sp³-hybridized carbons (Fsp3) is 0.362. The van der Waals surface area contributed by atoms with Gasteiger partial charge in [-0.2, -0.15) is 0 Å². The number of benzene rings is 5. The molecule has 4 heteroatoms. The van der Waals surface area contributed by atoms with E-state index in [0.717, 1.165) is 0 Å². The summed E-state index contributed by atoms with van der Waals surface area (Å²) < 4.78 is 2.89. The van der Waals surface area contributed by atoms with Crippen molar-refractivity contribution in [3.8, 4) is 0 Å². The molecule has 0 spiro atoms. The van der Waals surface area contributed by atoms with E-state index < -0.39 is 24.2 Å². The van der Waals surface area contributed by atoms with E-state index >= 15 is 0 Å². The maximum absolute atomic E-state index is 2.89. The summed E-state index contributed by atoms with van der Waals surface area (Å²) in [6, 6.07) is 49.7. The van der Waals surface area contributed by atoms with Gasteiger partial charge in [0.1, 0.15) is 0 Å². The molecule has 0 aromatic heterocycles. The fourth-order valence-corrected chi connectivity index (χ4v) is 19.0. The lowest BCUT2D eigenvalue weighted by Crippen LogP contribution is -2.47. The Balaban J connectivity index is 1.81. The second kappa shape index (κ2) is 18.6. The Morgan fingerprint density at radius 1 is 0.431 bits per heavy atom. The average molecular weight is 730 g/mol. The van der Waals surface area contributed by atoms with Crippen LogP contribution < -0.4 is 30.8 Å². The summed E-state index contributed by atoms with van der Waals surface area (Å²) in [5, 5.41) is 7.28. The Hall–Kier alpha value is -3.02. The molecule has 1 nitrogen and oxygen atoms in total. The third kappa shape index (κ3) is 9.70. The van der Waals surface area contributed by atoms with Crippen LogP contribution in [0.1, 0.15) is 87.1 Å². The van der Waals surface area contributed by atoms with E-state index in [-0.39, 0.29) is 0 Å². The van der Waals surface area contributed by atoms with Crippen molar-refractivity contribution >= 4 is 56.3 Å². The van der Waals surface area contributed by atoms with Crippen molar-refractivity contribution in [2.24, 2.45) is 0 Å². The van der Waals surface area contributed by atoms with Gasteiger partial charge in [-0.05, 0) is 46.2 Å². The Morgan fingerprint density at radius 2 is 0.745 bits per heavy atom. The van der Waals surface area contributed by atoms with Crippen LogP contribution in [0.2, 0.25) is 18.1 Å². The summed E-state index contributed by atoms with van der Waals surface area (Å²) in [5.74, 6) is 0. The summed E-state index contributed by atoms with van der Waals surface area (Å²) >= 11 is 0. The molecule has 0 amide bonds. The lowest BCUT2D eigenvalue weighted by Gasteiger charge is -2.42. The lowest BCUT2D eigenvalue weighted by molar-refractivity contribution is 0.800. The van der Waals surface area contributed by atoms with Crippen LogP contribution in [0.15, 0.2) is 115 Å². The molecule has 0 bridgehead atoms. The Morgan fingerprint density at radius 3 is 1.02 bits per heavy atom. The smallest absolute Gasteiger partial charge is 0.0867 e. The van der Waals surface area contributed by atoms with Gasteiger partial charge in [0, 0.05) is 26.9 Å². The molecular weight excluding hydrogens is 669 g/mol. The first kappa shape index (κ1) is 39.2. The van der Waals surface area contributed by atoms with Gasteiger partial charge in [-0.1, -0.05) is 214 Å². The van der Waals surface area contributed by atoms with E-state index in [1.807, 2.05) is 0 Å². The van der Waals surface area contributed by atoms with Crippen LogP contribution in [0, 0.1) is 34.6 Å². The first-order valence-corrected chi connectivity index (χ1v) is 24.7. The Kier molecular flexibility index (Phi) is 14.3. The van der Waals surface area contributed by atoms with Crippen LogP contribution in [0.3, 0.4) is 0 Å². The minimum Gasteiger partial charge on any atom is -0.313 e. The van der Waals surface area contributed by atoms with Gasteiger partial charge in [-0.15, -0.1) is 0 Å². The lowest BCUT2D eigenvalue weighted by atomic mass is 10.2. The van der Waals surface area contributed by atoms with Gasteiger partial charge in [0.25, 0.3) is 0 Å². The van der Waals surface area contributed by atoms with Gasteiger partial charge in [0.15, 0.2) is 0 Å². The second-order valence-corrected chi connectivity index (χ2v) is 23.9. The van der Waals surface area contributed by atoms with E-state index in [1.54, 1.807) is 5.19 Å². The molecule has 268 valence electrons. The van der Waals surface area contributed by atoms with E-state index in [9.17, 15) is 0 Å². The molecule has 0 saturated heterocycles. The monoisotopic (exact) mass is 729 g/mol. The molecule has 0 aliphatic rings. The Bertz CT molecular complexity index is 1590. The highest BCUT2D eigenvalue weighted by Gasteiger charge is 2.36. The molecular formula is C47H61NP2Si. The molecule has 0 atom stereocenters. The van der Waals surface area contributed by atoms with Gasteiger partial charge < -0.3 is 4.44 Å². The molecule has 0 heterocycles. The zero-order chi connectivity index (χ0) is 36.4. The maximum atomic E-state index is 2.89. The van der Waals surface area contributed by atoms with Crippen molar-refractivity contribution in [3.63, 3.8) is 0 Å². The topological polar surface area (TPSA) is 3.24 Å². The minimum atomic E-state index is -1.67. The van der Waals surface area contributed by atoms with E-state index in [4.69, 9.17) is 0 Å². The maximum Gasteiger partial charge on any atom is 0.0867 e. The SMILES string of the molecule is CCCC[Si](CCCC)(CCCC)c1ccc(N(P(c2ccc(C)cc2)c2ccc(C)cc2)P(c2ccc(C)cc2)c2ccc(C)cc2)c(C)c1. The van der Waals surface area contributed by atoms with Crippen molar-refractivity contribution in [3.05, 3.63) is 143 Å². The van der Waals surface area contributed by atoms with Crippen molar-refractivity contribution < 1.29 is 0 Å². The quantitative estimate of drug-likeness (QED) is 0.0680. The van der Waals surface area contributed by atoms with Crippen molar-refractivity contribution in [2.45, 2.75) is 112 Å². The van der Waals surface area contributed by atoms with Crippen LogP contribution in [-0.4, -0.2) is 8.07 Å². The van der Waals surface area contributed by atoms with Gasteiger partial charge >= 0.3 is 0 Å². The molecule has 0 aliphatic carbocycles. The highest BCUT2D eigenvalue weighted by Crippen LogP contribution is 2.57. The minimum absolute atomic E-state index is 0.926.